The minimum Gasteiger partial charge on any atom is -0.343 e. The number of hydrogen-bond acceptors (Lipinski definition) is 2. The number of benzene rings is 2. The Hall–Kier alpha value is -1.36. The smallest absolute Gasteiger partial charge is 0.254 e. The third kappa shape index (κ3) is 4.00. The summed E-state index contributed by atoms with van der Waals surface area (Å²) in [6.45, 7) is 4.21. The summed E-state index contributed by atoms with van der Waals surface area (Å²) in [5, 5.41) is 3.58. The summed E-state index contributed by atoms with van der Waals surface area (Å²) in [6, 6.07) is 15.1. The average molecular weight is 410 g/mol. The lowest BCUT2D eigenvalue weighted by molar-refractivity contribution is 0.0840. The molecule has 2 aromatic rings. The third-order valence-corrected chi connectivity index (χ3v) is 5.43. The SMILES string of the molecule is CN(C)C(C)(C)C(NC(=O)c1c(Cl)cccc1Br)c1ccccc1. The van der Waals surface area contributed by atoms with Gasteiger partial charge in [-0.3, -0.25) is 4.79 Å². The van der Waals surface area contributed by atoms with E-state index < -0.39 is 0 Å². The average Bonchev–Trinajstić information content (AvgIpc) is 2.53. The standard InChI is InChI=1S/C19H22BrClN2O/c1-19(2,23(3)4)17(13-9-6-5-7-10-13)22-18(24)16-14(20)11-8-12-15(16)21/h5-12,17H,1-4H3,(H,22,24). The van der Waals surface area contributed by atoms with Crippen molar-refractivity contribution >= 4 is 33.4 Å². The minimum absolute atomic E-state index is 0.190. The Bertz CT molecular complexity index is 696. The van der Waals surface area contributed by atoms with Gasteiger partial charge in [0, 0.05) is 10.0 Å². The van der Waals surface area contributed by atoms with E-state index in [2.05, 4.69) is 40.0 Å². The van der Waals surface area contributed by atoms with E-state index in [4.69, 9.17) is 11.6 Å². The molecule has 0 saturated carbocycles. The van der Waals surface area contributed by atoms with E-state index in [1.165, 1.54) is 0 Å². The Balaban J connectivity index is 2.41. The number of amides is 1. The number of nitrogens with zero attached hydrogens (tertiary/aromatic N) is 1. The lowest BCUT2D eigenvalue weighted by atomic mass is 9.87. The summed E-state index contributed by atoms with van der Waals surface area (Å²) in [6.07, 6.45) is 0. The molecule has 0 aromatic heterocycles. The molecule has 2 aromatic carbocycles. The van der Waals surface area contributed by atoms with Gasteiger partial charge < -0.3 is 10.2 Å². The van der Waals surface area contributed by atoms with Crippen LogP contribution in [0.25, 0.3) is 0 Å². The van der Waals surface area contributed by atoms with Gasteiger partial charge in [-0.05, 0) is 61.6 Å². The zero-order chi connectivity index (χ0) is 17.9. The van der Waals surface area contributed by atoms with Gasteiger partial charge in [0.15, 0.2) is 0 Å². The van der Waals surface area contributed by atoms with Crippen LogP contribution in [0, 0.1) is 0 Å². The van der Waals surface area contributed by atoms with Crippen LogP contribution in [0.15, 0.2) is 53.0 Å². The highest BCUT2D eigenvalue weighted by molar-refractivity contribution is 9.10. The van der Waals surface area contributed by atoms with Crippen molar-refractivity contribution in [3.05, 3.63) is 69.2 Å². The number of halogens is 2. The van der Waals surface area contributed by atoms with E-state index in [0.29, 0.717) is 15.1 Å². The fraction of sp³-hybridized carbons (Fsp3) is 0.316. The maximum Gasteiger partial charge on any atom is 0.254 e. The summed E-state index contributed by atoms with van der Waals surface area (Å²) in [7, 11) is 4.01. The number of carbonyl (C=O) groups is 1. The molecule has 1 N–H and O–H groups in total. The van der Waals surface area contributed by atoms with Crippen molar-refractivity contribution in [2.45, 2.75) is 25.4 Å². The molecule has 2 rings (SSSR count). The first-order valence-corrected chi connectivity index (χ1v) is 8.89. The maximum absolute atomic E-state index is 12.9. The summed E-state index contributed by atoms with van der Waals surface area (Å²) in [5.41, 5.74) is 1.22. The van der Waals surface area contributed by atoms with Crippen LogP contribution in [0.1, 0.15) is 35.8 Å². The van der Waals surface area contributed by atoms with Gasteiger partial charge in [0.2, 0.25) is 0 Å². The first kappa shape index (κ1) is 19.0. The highest BCUT2D eigenvalue weighted by atomic mass is 79.9. The van der Waals surface area contributed by atoms with Gasteiger partial charge in [0.1, 0.15) is 0 Å². The Morgan fingerprint density at radius 1 is 1.12 bits per heavy atom. The zero-order valence-electron chi connectivity index (χ0n) is 14.3. The van der Waals surface area contributed by atoms with Gasteiger partial charge in [-0.2, -0.15) is 0 Å². The van der Waals surface area contributed by atoms with Gasteiger partial charge >= 0.3 is 0 Å². The van der Waals surface area contributed by atoms with Crippen LogP contribution in [0.4, 0.5) is 0 Å². The largest absolute Gasteiger partial charge is 0.343 e. The van der Waals surface area contributed by atoms with Crippen LogP contribution >= 0.6 is 27.5 Å². The molecular weight excluding hydrogens is 388 g/mol. The van der Waals surface area contributed by atoms with Crippen molar-refractivity contribution in [2.24, 2.45) is 0 Å². The van der Waals surface area contributed by atoms with Crippen molar-refractivity contribution in [3.8, 4) is 0 Å². The molecule has 24 heavy (non-hydrogen) atoms. The first-order chi connectivity index (χ1) is 11.2. The molecule has 1 unspecified atom stereocenters. The molecule has 1 atom stereocenters. The van der Waals surface area contributed by atoms with Crippen molar-refractivity contribution in [3.63, 3.8) is 0 Å². The van der Waals surface area contributed by atoms with Crippen LogP contribution in [0.5, 0.6) is 0 Å². The van der Waals surface area contributed by atoms with Crippen LogP contribution in [0.2, 0.25) is 5.02 Å². The molecule has 0 bridgehead atoms. The number of nitrogens with one attached hydrogen (secondary N) is 1. The van der Waals surface area contributed by atoms with E-state index in [0.717, 1.165) is 5.56 Å². The molecule has 0 aliphatic carbocycles. The molecule has 0 radical (unpaired) electrons. The molecule has 0 heterocycles. The second-order valence-corrected chi connectivity index (χ2v) is 7.72. The summed E-state index contributed by atoms with van der Waals surface area (Å²) in [5.74, 6) is -0.198. The Labute approximate surface area is 157 Å². The fourth-order valence-corrected chi connectivity index (χ4v) is 3.41. The van der Waals surface area contributed by atoms with E-state index in [-0.39, 0.29) is 17.5 Å². The highest BCUT2D eigenvalue weighted by Gasteiger charge is 2.34. The molecule has 128 valence electrons. The van der Waals surface area contributed by atoms with Crippen LogP contribution in [0.3, 0.4) is 0 Å². The second-order valence-electron chi connectivity index (χ2n) is 6.46. The number of carbonyl (C=O) groups excluding carboxylic acids is 1. The number of likely N-dealkylation sites (N-methyl/N-ethyl adjacent to an activating group) is 1. The Morgan fingerprint density at radius 2 is 1.75 bits per heavy atom. The molecule has 1 amide bonds. The molecule has 3 nitrogen and oxygen atoms in total. The molecule has 0 saturated heterocycles. The lowest BCUT2D eigenvalue weighted by Gasteiger charge is -2.41. The van der Waals surface area contributed by atoms with Crippen LogP contribution < -0.4 is 5.32 Å². The van der Waals surface area contributed by atoms with Crippen molar-refractivity contribution in [1.29, 1.82) is 0 Å². The van der Waals surface area contributed by atoms with Gasteiger partial charge in [-0.1, -0.05) is 48.0 Å². The summed E-state index contributed by atoms with van der Waals surface area (Å²) < 4.78 is 0.682. The number of rotatable bonds is 5. The van der Waals surface area contributed by atoms with Gasteiger partial charge in [-0.25, -0.2) is 0 Å². The summed E-state index contributed by atoms with van der Waals surface area (Å²) >= 11 is 9.65. The molecule has 0 fully saturated rings. The first-order valence-electron chi connectivity index (χ1n) is 7.72. The van der Waals surface area contributed by atoms with Crippen molar-refractivity contribution in [1.82, 2.24) is 10.2 Å². The molecule has 5 heteroatoms. The van der Waals surface area contributed by atoms with E-state index in [1.807, 2.05) is 56.6 Å². The van der Waals surface area contributed by atoms with Gasteiger partial charge in [0.05, 0.1) is 16.6 Å². The number of hydrogen-bond donors (Lipinski definition) is 1. The third-order valence-electron chi connectivity index (χ3n) is 4.46. The predicted molar refractivity (Wildman–Crippen MR) is 104 cm³/mol. The van der Waals surface area contributed by atoms with Crippen LogP contribution in [-0.4, -0.2) is 30.4 Å². The quantitative estimate of drug-likeness (QED) is 0.760. The molecular formula is C19H22BrClN2O. The Morgan fingerprint density at radius 3 is 2.29 bits per heavy atom. The van der Waals surface area contributed by atoms with E-state index in [9.17, 15) is 4.79 Å². The topological polar surface area (TPSA) is 32.3 Å². The normalized spacial score (nSPS) is 13.0. The molecule has 0 spiro atoms. The monoisotopic (exact) mass is 408 g/mol. The molecule has 0 aliphatic rings. The van der Waals surface area contributed by atoms with Gasteiger partial charge in [-0.15, -0.1) is 0 Å². The van der Waals surface area contributed by atoms with Gasteiger partial charge in [0.25, 0.3) is 5.91 Å². The van der Waals surface area contributed by atoms with Crippen molar-refractivity contribution < 1.29 is 4.79 Å². The second kappa shape index (κ2) is 7.68. The highest BCUT2D eigenvalue weighted by Crippen LogP contribution is 2.31. The summed E-state index contributed by atoms with van der Waals surface area (Å²) in [4.78, 5) is 15.0. The Kier molecular flexibility index (Phi) is 6.07. The van der Waals surface area contributed by atoms with Crippen molar-refractivity contribution in [2.75, 3.05) is 14.1 Å². The van der Waals surface area contributed by atoms with Crippen LogP contribution in [-0.2, 0) is 0 Å². The minimum atomic E-state index is -0.287. The lowest BCUT2D eigenvalue weighted by Crippen LogP contribution is -2.50. The zero-order valence-corrected chi connectivity index (χ0v) is 16.6. The molecule has 0 aliphatic heterocycles. The maximum atomic E-state index is 12.9. The fourth-order valence-electron chi connectivity index (χ4n) is 2.49. The van der Waals surface area contributed by atoms with E-state index >= 15 is 0 Å². The predicted octanol–water partition coefficient (Wildman–Crippen LogP) is 4.91. The van der Waals surface area contributed by atoms with E-state index in [1.54, 1.807) is 6.07 Å².